The van der Waals surface area contributed by atoms with Crippen molar-refractivity contribution in [3.05, 3.63) is 16.6 Å². The molecule has 29 heavy (non-hydrogen) atoms. The van der Waals surface area contributed by atoms with Crippen LogP contribution in [0.25, 0.3) is 0 Å². The summed E-state index contributed by atoms with van der Waals surface area (Å²) in [7, 11) is -5.60. The fraction of sp³-hybridized carbons (Fsp3) is 0.875. The normalized spacial score (nSPS) is 24.2. The fourth-order valence-electron chi connectivity index (χ4n) is 7.82. The van der Waals surface area contributed by atoms with E-state index in [9.17, 15) is 0 Å². The summed E-state index contributed by atoms with van der Waals surface area (Å²) < 4.78 is 0.473. The van der Waals surface area contributed by atoms with E-state index in [1.807, 2.05) is 0 Å². The molecule has 0 atom stereocenters. The first-order chi connectivity index (χ1) is 12.9. The van der Waals surface area contributed by atoms with Crippen LogP contribution in [0.15, 0.2) is 16.6 Å². The van der Waals surface area contributed by atoms with Crippen molar-refractivity contribution in [3.63, 3.8) is 0 Å². The van der Waals surface area contributed by atoms with Gasteiger partial charge in [-0.3, -0.25) is 0 Å². The van der Waals surface area contributed by atoms with Crippen molar-refractivity contribution in [2.24, 2.45) is 0 Å². The van der Waals surface area contributed by atoms with Crippen molar-refractivity contribution >= 4 is 39.0 Å². The second-order valence-corrected chi connectivity index (χ2v) is 36.1. The maximum absolute atomic E-state index is 4.22. The maximum Gasteiger partial charge on any atom is 0.152 e. The topological polar surface area (TPSA) is 0 Å². The van der Waals surface area contributed by atoms with Crippen LogP contribution in [0, 0.1) is 0 Å². The molecule has 0 aliphatic carbocycles. The van der Waals surface area contributed by atoms with Gasteiger partial charge in [0.25, 0.3) is 0 Å². The van der Waals surface area contributed by atoms with E-state index in [1.54, 1.807) is 4.82 Å². The van der Waals surface area contributed by atoms with Crippen molar-refractivity contribution in [2.75, 3.05) is 0 Å². The van der Waals surface area contributed by atoms with Gasteiger partial charge in [0.05, 0.1) is 16.1 Å². The molecule has 0 aromatic carbocycles. The monoisotopic (exact) mass is 462 g/mol. The minimum absolute atomic E-state index is 0.473. The highest BCUT2D eigenvalue weighted by atomic mass is 28.4. The molecule has 0 aromatic rings. The molecule has 2 aliphatic heterocycles. The second-order valence-electron chi connectivity index (χ2n) is 14.4. The average molecular weight is 463 g/mol. The van der Waals surface area contributed by atoms with Crippen LogP contribution >= 0.6 is 0 Å². The molecule has 2 fully saturated rings. The van der Waals surface area contributed by atoms with Gasteiger partial charge in [-0.15, -0.1) is 5.73 Å². The summed E-state index contributed by atoms with van der Waals surface area (Å²) in [5, 5.41) is 0. The average Bonchev–Trinajstić information content (AvgIpc) is 2.45. The SMILES string of the molecule is C[Si](C)(C)C(=C=CC(B1C2CCCC1CCC2)([Si](C)(C)C)[Si](C)(C)C)[Si](C)(C)C. The zero-order valence-electron chi connectivity index (χ0n) is 22.1. The summed E-state index contributed by atoms with van der Waals surface area (Å²) in [6.45, 7) is 32.5. The summed E-state index contributed by atoms with van der Waals surface area (Å²) in [5.74, 6) is 1.97. The van der Waals surface area contributed by atoms with E-state index in [2.05, 4.69) is 90.4 Å². The van der Waals surface area contributed by atoms with Gasteiger partial charge in [0.15, 0.2) is 6.71 Å². The van der Waals surface area contributed by atoms with Gasteiger partial charge in [-0.1, -0.05) is 134 Å². The lowest BCUT2D eigenvalue weighted by Crippen LogP contribution is -2.64. The molecule has 0 nitrogen and oxygen atoms in total. The summed E-state index contributed by atoms with van der Waals surface area (Å²) >= 11 is 0. The molecule has 0 unspecified atom stereocenters. The van der Waals surface area contributed by atoms with Gasteiger partial charge in [0.2, 0.25) is 0 Å². The lowest BCUT2D eigenvalue weighted by atomic mass is 9.25. The molecule has 0 amide bonds. The van der Waals surface area contributed by atoms with Gasteiger partial charge in [-0.2, -0.15) is 0 Å². The Bertz CT molecular complexity index is 596. The molecule has 166 valence electrons. The summed E-state index contributed by atoms with van der Waals surface area (Å²) in [5.41, 5.74) is 4.22. The molecule has 0 N–H and O–H groups in total. The maximum atomic E-state index is 4.22. The summed E-state index contributed by atoms with van der Waals surface area (Å²) in [4.78, 5) is 1.78. The Hall–Kier alpha value is 0.452. The Kier molecular flexibility index (Phi) is 7.47. The second kappa shape index (κ2) is 8.42. The molecule has 0 saturated carbocycles. The van der Waals surface area contributed by atoms with Crippen LogP contribution in [-0.4, -0.2) is 39.0 Å². The lowest BCUT2D eigenvalue weighted by Gasteiger charge is -2.60. The number of rotatable bonds is 6. The third-order valence-corrected chi connectivity index (χ3v) is 26.5. The van der Waals surface area contributed by atoms with Gasteiger partial charge in [-0.05, 0) is 10.6 Å². The third kappa shape index (κ3) is 5.10. The predicted octanol–water partition coefficient (Wildman–Crippen LogP) is 8.92. The molecular formula is C24H51BSi4. The summed E-state index contributed by atoms with van der Waals surface area (Å²) in [6, 6.07) is 0. The highest BCUT2D eigenvalue weighted by Gasteiger charge is 2.61. The molecular weight excluding hydrogens is 411 g/mol. The van der Waals surface area contributed by atoms with Crippen LogP contribution in [0.5, 0.6) is 0 Å². The first-order valence-corrected chi connectivity index (χ1v) is 26.4. The number of hydrogen-bond donors (Lipinski definition) is 0. The van der Waals surface area contributed by atoms with Crippen molar-refractivity contribution < 1.29 is 0 Å². The molecule has 5 heteroatoms. The molecule has 0 aromatic heterocycles. The van der Waals surface area contributed by atoms with Gasteiger partial charge in [-0.25, -0.2) is 0 Å². The molecule has 0 spiro atoms. The summed E-state index contributed by atoms with van der Waals surface area (Å²) in [6.07, 6.45) is 11.8. The van der Waals surface area contributed by atoms with Gasteiger partial charge in [0.1, 0.15) is 0 Å². The van der Waals surface area contributed by atoms with Crippen LogP contribution in [0.2, 0.25) is 94.8 Å². The molecule has 2 bridgehead atoms. The van der Waals surface area contributed by atoms with E-state index in [1.165, 1.54) is 38.5 Å². The van der Waals surface area contributed by atoms with Crippen LogP contribution < -0.4 is 0 Å². The van der Waals surface area contributed by atoms with Gasteiger partial charge in [0, 0.05) is 16.1 Å². The van der Waals surface area contributed by atoms with E-state index in [0.717, 1.165) is 18.3 Å². The molecule has 2 aliphatic rings. The van der Waals surface area contributed by atoms with Crippen LogP contribution in [-0.2, 0) is 0 Å². The predicted molar refractivity (Wildman–Crippen MR) is 149 cm³/mol. The van der Waals surface area contributed by atoms with Gasteiger partial charge < -0.3 is 0 Å². The Morgan fingerprint density at radius 3 is 1.31 bits per heavy atom. The van der Waals surface area contributed by atoms with E-state index in [0.29, 0.717) is 4.56 Å². The molecule has 2 saturated heterocycles. The lowest BCUT2D eigenvalue weighted by molar-refractivity contribution is 0.438. The Morgan fingerprint density at radius 1 is 0.690 bits per heavy atom. The van der Waals surface area contributed by atoms with Crippen molar-refractivity contribution in [1.82, 2.24) is 0 Å². The molecule has 0 radical (unpaired) electrons. The van der Waals surface area contributed by atoms with Crippen molar-refractivity contribution in [1.29, 1.82) is 0 Å². The highest BCUT2D eigenvalue weighted by molar-refractivity contribution is 7.12. The molecule has 2 rings (SSSR count). The van der Waals surface area contributed by atoms with Crippen molar-refractivity contribution in [2.45, 2.75) is 133 Å². The smallest absolute Gasteiger partial charge is 0.135 e. The van der Waals surface area contributed by atoms with E-state index in [4.69, 9.17) is 0 Å². The van der Waals surface area contributed by atoms with E-state index < -0.39 is 32.3 Å². The van der Waals surface area contributed by atoms with Gasteiger partial charge >= 0.3 is 0 Å². The zero-order chi connectivity index (χ0) is 22.5. The number of fused-ring (bicyclic) bond motifs is 2. The van der Waals surface area contributed by atoms with Crippen molar-refractivity contribution in [3.8, 4) is 0 Å². The Balaban J connectivity index is 2.83. The Labute approximate surface area is 188 Å². The first-order valence-electron chi connectivity index (χ1n) is 12.4. The minimum atomic E-state index is -1.45. The minimum Gasteiger partial charge on any atom is -0.135 e. The zero-order valence-corrected chi connectivity index (χ0v) is 26.1. The fourth-order valence-corrected chi connectivity index (χ4v) is 30.8. The Morgan fingerprint density at radius 2 is 1.03 bits per heavy atom. The standard InChI is InChI=1S/C24H51BSi4/c1-26(2,3)23(27(4,5)6)19-20-24(28(7,8)9,29(10,11)12)25-21-15-13-16-22(25)18-14-17-21/h20-22H,13-18H2,1-12H3. The first kappa shape index (κ1) is 25.7. The molecule has 2 heterocycles. The third-order valence-electron chi connectivity index (χ3n) is 8.27. The van der Waals surface area contributed by atoms with Crippen LogP contribution in [0.3, 0.4) is 0 Å². The largest absolute Gasteiger partial charge is 0.152 e. The van der Waals surface area contributed by atoms with E-state index >= 15 is 0 Å². The highest BCUT2D eigenvalue weighted by Crippen LogP contribution is 2.62. The quantitative estimate of drug-likeness (QED) is 0.273. The van der Waals surface area contributed by atoms with Crippen LogP contribution in [0.4, 0.5) is 0 Å². The van der Waals surface area contributed by atoms with E-state index in [-0.39, 0.29) is 0 Å². The number of allylic oxidation sites excluding steroid dienone is 1. The van der Waals surface area contributed by atoms with Crippen LogP contribution in [0.1, 0.15) is 38.5 Å². The number of hydrogen-bond acceptors (Lipinski definition) is 0.